The van der Waals surface area contributed by atoms with Gasteiger partial charge in [0.2, 0.25) is 0 Å². The van der Waals surface area contributed by atoms with E-state index in [-0.39, 0.29) is 12.5 Å². The fourth-order valence-electron chi connectivity index (χ4n) is 2.32. The quantitative estimate of drug-likeness (QED) is 0.861. The maximum Gasteiger partial charge on any atom is 0.262 e. The molecular formula is C16H12N2O2. The Morgan fingerprint density at radius 3 is 2.90 bits per heavy atom. The van der Waals surface area contributed by atoms with Crippen LogP contribution in [-0.4, -0.2) is 12.5 Å². The van der Waals surface area contributed by atoms with Crippen LogP contribution in [0, 0.1) is 18.3 Å². The van der Waals surface area contributed by atoms with Crippen LogP contribution in [-0.2, 0) is 4.79 Å². The molecule has 4 nitrogen and oxygen atoms in total. The first-order chi connectivity index (χ1) is 9.67. The van der Waals surface area contributed by atoms with Crippen LogP contribution in [0.4, 0.5) is 5.69 Å². The van der Waals surface area contributed by atoms with E-state index in [1.807, 2.05) is 37.3 Å². The molecular weight excluding hydrogens is 252 g/mol. The lowest BCUT2D eigenvalue weighted by molar-refractivity contribution is -0.118. The van der Waals surface area contributed by atoms with Crippen molar-refractivity contribution in [3.05, 3.63) is 47.5 Å². The molecule has 1 aliphatic rings. The number of carbonyl (C=O) groups is 1. The standard InChI is InChI=1S/C16H12N2O2/c1-10-5-13(12-4-2-3-11(6-12)8-17)7-14-16(10)20-9-15(19)18-14/h2-7H,9H2,1H3,(H,18,19). The number of carbonyl (C=O) groups excluding carboxylic acids is 1. The van der Waals surface area contributed by atoms with Crippen molar-refractivity contribution >= 4 is 11.6 Å². The van der Waals surface area contributed by atoms with Crippen molar-refractivity contribution in [2.45, 2.75) is 6.92 Å². The number of fused-ring (bicyclic) bond motifs is 1. The van der Waals surface area contributed by atoms with Gasteiger partial charge < -0.3 is 10.1 Å². The van der Waals surface area contributed by atoms with Gasteiger partial charge in [-0.05, 0) is 47.9 Å². The second-order valence-corrected chi connectivity index (χ2v) is 4.70. The fourth-order valence-corrected chi connectivity index (χ4v) is 2.32. The van der Waals surface area contributed by atoms with Gasteiger partial charge in [-0.1, -0.05) is 12.1 Å². The first kappa shape index (κ1) is 12.2. The van der Waals surface area contributed by atoms with Crippen molar-refractivity contribution in [3.8, 4) is 22.9 Å². The lowest BCUT2D eigenvalue weighted by Crippen LogP contribution is -2.25. The highest BCUT2D eigenvalue weighted by molar-refractivity contribution is 5.96. The molecule has 0 aromatic heterocycles. The van der Waals surface area contributed by atoms with Crippen molar-refractivity contribution < 1.29 is 9.53 Å². The summed E-state index contributed by atoms with van der Waals surface area (Å²) in [6.07, 6.45) is 0. The zero-order chi connectivity index (χ0) is 14.1. The number of nitrogens with zero attached hydrogens (tertiary/aromatic N) is 1. The second kappa shape index (κ2) is 4.71. The number of aryl methyl sites for hydroxylation is 1. The van der Waals surface area contributed by atoms with Crippen LogP contribution in [0.5, 0.6) is 5.75 Å². The van der Waals surface area contributed by atoms with Crippen LogP contribution in [0.3, 0.4) is 0 Å². The van der Waals surface area contributed by atoms with Crippen LogP contribution in [0.1, 0.15) is 11.1 Å². The summed E-state index contributed by atoms with van der Waals surface area (Å²) in [6, 6.07) is 13.4. The van der Waals surface area contributed by atoms with Gasteiger partial charge in [-0.2, -0.15) is 5.26 Å². The molecule has 3 rings (SSSR count). The van der Waals surface area contributed by atoms with Crippen LogP contribution in [0.2, 0.25) is 0 Å². The summed E-state index contributed by atoms with van der Waals surface area (Å²) < 4.78 is 5.44. The summed E-state index contributed by atoms with van der Waals surface area (Å²) in [5, 5.41) is 11.8. The Balaban J connectivity index is 2.11. The third-order valence-corrected chi connectivity index (χ3v) is 3.22. The number of benzene rings is 2. The van der Waals surface area contributed by atoms with Crippen LogP contribution in [0.25, 0.3) is 11.1 Å². The number of hydrogen-bond acceptors (Lipinski definition) is 3. The van der Waals surface area contributed by atoms with E-state index in [1.165, 1.54) is 0 Å². The van der Waals surface area contributed by atoms with Crippen molar-refractivity contribution in [2.24, 2.45) is 0 Å². The number of nitrogens with one attached hydrogen (secondary N) is 1. The van der Waals surface area contributed by atoms with Crippen molar-refractivity contribution in [3.63, 3.8) is 0 Å². The monoisotopic (exact) mass is 264 g/mol. The summed E-state index contributed by atoms with van der Waals surface area (Å²) in [6.45, 7) is 1.99. The number of nitriles is 1. The zero-order valence-electron chi connectivity index (χ0n) is 10.9. The zero-order valence-corrected chi connectivity index (χ0v) is 10.9. The van der Waals surface area contributed by atoms with Gasteiger partial charge in [0.05, 0.1) is 17.3 Å². The SMILES string of the molecule is Cc1cc(-c2cccc(C#N)c2)cc2c1OCC(=O)N2. The molecule has 0 saturated heterocycles. The van der Waals surface area contributed by atoms with E-state index in [9.17, 15) is 4.79 Å². The first-order valence-corrected chi connectivity index (χ1v) is 6.25. The van der Waals surface area contributed by atoms with E-state index < -0.39 is 0 Å². The van der Waals surface area contributed by atoms with Crippen molar-refractivity contribution in [1.82, 2.24) is 0 Å². The highest BCUT2D eigenvalue weighted by Crippen LogP contribution is 2.36. The molecule has 0 unspecified atom stereocenters. The molecule has 20 heavy (non-hydrogen) atoms. The van der Waals surface area contributed by atoms with Gasteiger partial charge in [0.15, 0.2) is 6.61 Å². The summed E-state index contributed by atoms with van der Waals surface area (Å²) >= 11 is 0. The predicted octanol–water partition coefficient (Wildman–Crippen LogP) is 2.86. The molecule has 2 aromatic carbocycles. The normalized spacial score (nSPS) is 12.9. The Morgan fingerprint density at radius 1 is 1.25 bits per heavy atom. The average molecular weight is 264 g/mol. The number of hydrogen-bond donors (Lipinski definition) is 1. The maximum absolute atomic E-state index is 11.4. The molecule has 1 N–H and O–H groups in total. The number of anilines is 1. The molecule has 0 spiro atoms. The van der Waals surface area contributed by atoms with Crippen molar-refractivity contribution in [2.75, 3.05) is 11.9 Å². The van der Waals surface area contributed by atoms with E-state index in [2.05, 4.69) is 11.4 Å². The molecule has 0 saturated carbocycles. The van der Waals surface area contributed by atoms with Gasteiger partial charge in [-0.25, -0.2) is 0 Å². The van der Waals surface area contributed by atoms with Gasteiger partial charge in [-0.15, -0.1) is 0 Å². The minimum atomic E-state index is -0.153. The first-order valence-electron chi connectivity index (χ1n) is 6.25. The molecule has 2 aromatic rings. The molecule has 98 valence electrons. The third-order valence-electron chi connectivity index (χ3n) is 3.22. The molecule has 0 atom stereocenters. The van der Waals surface area contributed by atoms with Gasteiger partial charge in [0, 0.05) is 0 Å². The summed E-state index contributed by atoms with van der Waals surface area (Å²) in [5.74, 6) is 0.560. The van der Waals surface area contributed by atoms with Crippen LogP contribution < -0.4 is 10.1 Å². The summed E-state index contributed by atoms with van der Waals surface area (Å²) in [5.41, 5.74) is 4.13. The summed E-state index contributed by atoms with van der Waals surface area (Å²) in [4.78, 5) is 11.4. The Bertz CT molecular complexity index is 745. The minimum absolute atomic E-state index is 0.0527. The highest BCUT2D eigenvalue weighted by atomic mass is 16.5. The third kappa shape index (κ3) is 2.10. The van der Waals surface area contributed by atoms with Crippen molar-refractivity contribution in [1.29, 1.82) is 5.26 Å². The number of amides is 1. The largest absolute Gasteiger partial charge is 0.481 e. The van der Waals surface area contributed by atoms with Gasteiger partial charge >= 0.3 is 0 Å². The Hall–Kier alpha value is -2.80. The molecule has 0 bridgehead atoms. The molecule has 1 amide bonds. The Kier molecular flexibility index (Phi) is 2.88. The molecule has 1 aliphatic heterocycles. The average Bonchev–Trinajstić information content (AvgIpc) is 2.46. The van der Waals surface area contributed by atoms with Crippen LogP contribution in [0.15, 0.2) is 36.4 Å². The molecule has 4 heteroatoms. The van der Waals surface area contributed by atoms with Gasteiger partial charge in [-0.3, -0.25) is 4.79 Å². The van der Waals surface area contributed by atoms with E-state index in [1.54, 1.807) is 6.07 Å². The van der Waals surface area contributed by atoms with E-state index in [4.69, 9.17) is 10.00 Å². The smallest absolute Gasteiger partial charge is 0.262 e. The summed E-state index contributed by atoms with van der Waals surface area (Å²) in [7, 11) is 0. The Labute approximate surface area is 116 Å². The number of ether oxygens (including phenoxy) is 1. The van der Waals surface area contributed by atoms with Gasteiger partial charge in [0.1, 0.15) is 5.75 Å². The lowest BCUT2D eigenvalue weighted by atomic mass is 9.99. The Morgan fingerprint density at radius 2 is 2.10 bits per heavy atom. The maximum atomic E-state index is 11.4. The molecule has 0 aliphatic carbocycles. The van der Waals surface area contributed by atoms with E-state index in [0.717, 1.165) is 16.7 Å². The number of rotatable bonds is 1. The van der Waals surface area contributed by atoms with Gasteiger partial charge in [0.25, 0.3) is 5.91 Å². The fraction of sp³-hybridized carbons (Fsp3) is 0.125. The topological polar surface area (TPSA) is 62.1 Å². The lowest BCUT2D eigenvalue weighted by Gasteiger charge is -2.21. The minimum Gasteiger partial charge on any atom is -0.481 e. The molecule has 1 heterocycles. The molecule has 0 fully saturated rings. The van der Waals surface area contributed by atoms with Crippen LogP contribution >= 0.6 is 0 Å². The highest BCUT2D eigenvalue weighted by Gasteiger charge is 2.19. The van der Waals surface area contributed by atoms with E-state index in [0.29, 0.717) is 17.0 Å². The molecule has 0 radical (unpaired) electrons. The second-order valence-electron chi connectivity index (χ2n) is 4.70. The van der Waals surface area contributed by atoms with E-state index >= 15 is 0 Å². The predicted molar refractivity (Wildman–Crippen MR) is 75.5 cm³/mol.